The highest BCUT2D eigenvalue weighted by Gasteiger charge is 2.23. The molecule has 0 atom stereocenters. The molecule has 12 aromatic rings. The highest BCUT2D eigenvalue weighted by molar-refractivity contribution is 7.25. The second kappa shape index (κ2) is 11.7. The molecule has 0 aliphatic rings. The Morgan fingerprint density at radius 3 is 2.07 bits per heavy atom. The van der Waals surface area contributed by atoms with Gasteiger partial charge in [0, 0.05) is 70.4 Å². The van der Waals surface area contributed by atoms with Gasteiger partial charge in [-0.1, -0.05) is 91.0 Å². The molecule has 12 rings (SSSR count). The third-order valence-corrected chi connectivity index (χ3v) is 11.9. The third-order valence-electron chi connectivity index (χ3n) is 10.8. The van der Waals surface area contributed by atoms with Gasteiger partial charge < -0.3 is 18.3 Å². The lowest BCUT2D eigenvalue weighted by Crippen LogP contribution is -2.10. The Hall–Kier alpha value is -7.15. The van der Waals surface area contributed by atoms with Crippen LogP contribution in [0.3, 0.4) is 0 Å². The highest BCUT2D eigenvalue weighted by Crippen LogP contribution is 2.46. The van der Waals surface area contributed by atoms with E-state index in [1.165, 1.54) is 36.5 Å². The average Bonchev–Trinajstić information content (AvgIpc) is 4.01. The molecule has 0 radical (unpaired) electrons. The van der Waals surface area contributed by atoms with Gasteiger partial charge in [0.2, 0.25) is 5.89 Å². The van der Waals surface area contributed by atoms with Crippen LogP contribution in [-0.2, 0) is 0 Å². The Labute approximate surface area is 318 Å². The van der Waals surface area contributed by atoms with Gasteiger partial charge in [0.15, 0.2) is 11.2 Å². The van der Waals surface area contributed by atoms with E-state index in [9.17, 15) is 0 Å². The molecule has 258 valence electrons. The lowest BCUT2D eigenvalue weighted by atomic mass is 10.1. The minimum atomic E-state index is 0.596. The summed E-state index contributed by atoms with van der Waals surface area (Å²) >= 11 is 1.83. The van der Waals surface area contributed by atoms with Crippen molar-refractivity contribution < 1.29 is 8.83 Å². The predicted molar refractivity (Wildman–Crippen MR) is 229 cm³/mol. The van der Waals surface area contributed by atoms with Crippen molar-refractivity contribution >= 4 is 103 Å². The molecule has 0 N–H and O–H groups in total. The van der Waals surface area contributed by atoms with Crippen LogP contribution in [0, 0.1) is 0 Å². The predicted octanol–water partition coefficient (Wildman–Crippen LogP) is 14.3. The summed E-state index contributed by atoms with van der Waals surface area (Å²) in [7, 11) is 0. The first-order valence-electron chi connectivity index (χ1n) is 18.4. The smallest absolute Gasteiger partial charge is 0.227 e. The van der Waals surface area contributed by atoms with Crippen molar-refractivity contribution in [3.8, 4) is 17.1 Å². The highest BCUT2D eigenvalue weighted by atomic mass is 32.1. The lowest BCUT2D eigenvalue weighted by molar-refractivity contribution is 0.620. The number of furan rings is 1. The van der Waals surface area contributed by atoms with Crippen molar-refractivity contribution in [2.75, 3.05) is 4.90 Å². The van der Waals surface area contributed by atoms with E-state index in [2.05, 4.69) is 149 Å². The molecular weight excluding hydrogens is 695 g/mol. The van der Waals surface area contributed by atoms with Gasteiger partial charge in [0.25, 0.3) is 0 Å². The van der Waals surface area contributed by atoms with Crippen LogP contribution >= 0.6 is 11.3 Å². The maximum atomic E-state index is 6.88. The van der Waals surface area contributed by atoms with E-state index in [1.54, 1.807) is 0 Å². The largest absolute Gasteiger partial charge is 0.454 e. The summed E-state index contributed by atoms with van der Waals surface area (Å²) < 4.78 is 18.1. The molecule has 0 aliphatic carbocycles. The quantitative estimate of drug-likeness (QED) is 0.177. The van der Waals surface area contributed by atoms with Gasteiger partial charge in [-0.25, -0.2) is 4.98 Å². The summed E-state index contributed by atoms with van der Waals surface area (Å²) in [6, 6.07) is 62.1. The Bertz CT molecular complexity index is 3450. The van der Waals surface area contributed by atoms with Crippen LogP contribution in [-0.4, -0.2) is 9.55 Å². The van der Waals surface area contributed by atoms with Crippen LogP contribution < -0.4 is 4.90 Å². The van der Waals surface area contributed by atoms with Crippen LogP contribution in [0.5, 0.6) is 0 Å². The number of hydrogen-bond donors (Lipinski definition) is 0. The first kappa shape index (κ1) is 30.3. The van der Waals surface area contributed by atoms with Gasteiger partial charge in [-0.15, -0.1) is 11.3 Å². The number of benzene rings is 8. The van der Waals surface area contributed by atoms with Gasteiger partial charge in [-0.3, -0.25) is 0 Å². The van der Waals surface area contributed by atoms with Gasteiger partial charge in [0.1, 0.15) is 11.1 Å². The second-order valence-corrected chi connectivity index (χ2v) is 15.0. The van der Waals surface area contributed by atoms with Gasteiger partial charge in [-0.2, -0.15) is 0 Å². The first-order valence-corrected chi connectivity index (χ1v) is 19.2. The van der Waals surface area contributed by atoms with Crippen LogP contribution in [0.25, 0.3) is 92.2 Å². The van der Waals surface area contributed by atoms with Crippen molar-refractivity contribution in [3.63, 3.8) is 0 Å². The average molecular weight is 724 g/mol. The number of para-hydroxylation sites is 3. The van der Waals surface area contributed by atoms with E-state index >= 15 is 0 Å². The Morgan fingerprint density at radius 1 is 0.473 bits per heavy atom. The summed E-state index contributed by atoms with van der Waals surface area (Å²) in [5, 5.41) is 6.92. The summed E-state index contributed by atoms with van der Waals surface area (Å²) in [6.45, 7) is 0. The van der Waals surface area contributed by atoms with E-state index < -0.39 is 0 Å². The molecular formula is C49H29N3O2S. The van der Waals surface area contributed by atoms with E-state index in [1.807, 2.05) is 47.7 Å². The molecule has 0 unspecified atom stereocenters. The van der Waals surface area contributed by atoms with E-state index in [0.717, 1.165) is 66.9 Å². The molecule has 4 heterocycles. The molecule has 5 nitrogen and oxygen atoms in total. The molecule has 0 saturated carbocycles. The lowest BCUT2D eigenvalue weighted by Gasteiger charge is -2.26. The minimum Gasteiger partial charge on any atom is -0.454 e. The molecule has 6 heteroatoms. The molecule has 55 heavy (non-hydrogen) atoms. The van der Waals surface area contributed by atoms with Gasteiger partial charge >= 0.3 is 0 Å². The molecule has 0 saturated heterocycles. The molecule has 0 amide bonds. The normalized spacial score (nSPS) is 12.0. The molecule has 4 aromatic heterocycles. The van der Waals surface area contributed by atoms with E-state index in [-0.39, 0.29) is 0 Å². The number of nitrogens with zero attached hydrogens (tertiary/aromatic N) is 3. The first-order chi connectivity index (χ1) is 27.2. The molecule has 8 aromatic carbocycles. The summed E-state index contributed by atoms with van der Waals surface area (Å²) in [5.41, 5.74) is 10.4. The van der Waals surface area contributed by atoms with Crippen LogP contribution in [0.15, 0.2) is 185 Å². The molecule has 0 spiro atoms. The molecule has 0 bridgehead atoms. The second-order valence-electron chi connectivity index (χ2n) is 14.0. The summed E-state index contributed by atoms with van der Waals surface area (Å²) in [4.78, 5) is 7.19. The summed E-state index contributed by atoms with van der Waals surface area (Å²) in [6.07, 6.45) is 0. The van der Waals surface area contributed by atoms with E-state index in [4.69, 9.17) is 13.8 Å². The zero-order chi connectivity index (χ0) is 36.0. The van der Waals surface area contributed by atoms with Crippen molar-refractivity contribution in [2.45, 2.75) is 0 Å². The van der Waals surface area contributed by atoms with Crippen molar-refractivity contribution in [1.82, 2.24) is 9.55 Å². The summed E-state index contributed by atoms with van der Waals surface area (Å²) in [5.74, 6) is 0.596. The number of anilines is 3. The molecule has 0 fully saturated rings. The number of hydrogen-bond acceptors (Lipinski definition) is 5. The third kappa shape index (κ3) is 4.62. The Balaban J connectivity index is 1.11. The molecule has 0 aliphatic heterocycles. The minimum absolute atomic E-state index is 0.596. The standard InChI is InChI=1S/C49H29N3O2S/c1-3-12-30(13-4-1)49-50-40-29-44-38(28-45(40)54-49)37-18-11-20-42(48(37)53-44)51(32-23-25-47-39(26-32)36-17-8-10-21-46(36)55-47)33-22-24-35-34-16-7-9-19-41(34)52(43(35)27-33)31-14-5-2-6-15-31/h1-29H. The Kier molecular flexibility index (Phi) is 6.44. The number of thiophene rings is 1. The van der Waals surface area contributed by atoms with Gasteiger partial charge in [0.05, 0.1) is 16.7 Å². The zero-order valence-electron chi connectivity index (χ0n) is 29.3. The number of fused-ring (bicyclic) bond motifs is 10. The monoisotopic (exact) mass is 723 g/mol. The topological polar surface area (TPSA) is 47.3 Å². The fourth-order valence-corrected chi connectivity index (χ4v) is 9.40. The Morgan fingerprint density at radius 2 is 1.18 bits per heavy atom. The maximum absolute atomic E-state index is 6.88. The van der Waals surface area contributed by atoms with E-state index in [0.29, 0.717) is 5.89 Å². The van der Waals surface area contributed by atoms with Gasteiger partial charge in [-0.05, 0) is 78.9 Å². The zero-order valence-corrected chi connectivity index (χ0v) is 30.1. The van der Waals surface area contributed by atoms with Crippen molar-refractivity contribution in [1.29, 1.82) is 0 Å². The van der Waals surface area contributed by atoms with Crippen LogP contribution in [0.4, 0.5) is 17.1 Å². The fourth-order valence-electron chi connectivity index (χ4n) is 8.32. The number of oxazole rings is 1. The maximum Gasteiger partial charge on any atom is 0.227 e. The van der Waals surface area contributed by atoms with Crippen LogP contribution in [0.1, 0.15) is 0 Å². The van der Waals surface area contributed by atoms with Crippen molar-refractivity contribution in [3.05, 3.63) is 176 Å². The van der Waals surface area contributed by atoms with Crippen LogP contribution in [0.2, 0.25) is 0 Å². The van der Waals surface area contributed by atoms with Crippen molar-refractivity contribution in [2.24, 2.45) is 0 Å². The number of rotatable bonds is 5. The fraction of sp³-hybridized carbons (Fsp3) is 0. The SMILES string of the molecule is c1ccc(-c2nc3cc4oc5c(N(c6ccc7sc8ccccc8c7c6)c6ccc7c8ccccc8n(-c8ccccc8)c7c6)cccc5c4cc3o2)cc1. The number of aromatic nitrogens is 2.